The third-order valence-electron chi connectivity index (χ3n) is 4.53. The molecule has 0 unspecified atom stereocenters. The number of primary amides is 1. The summed E-state index contributed by atoms with van der Waals surface area (Å²) in [5.74, 6) is -0.607. The fraction of sp³-hybridized carbons (Fsp3) is 0.222. The normalized spacial score (nSPS) is 11.5. The third-order valence-corrected chi connectivity index (χ3v) is 4.53. The number of nitrogens with two attached hydrogens (primary N) is 1. The van der Waals surface area contributed by atoms with Crippen LogP contribution in [0.15, 0.2) is 35.3 Å². The number of fused-ring (bicyclic) bond motifs is 2. The first kappa shape index (κ1) is 16.1. The van der Waals surface area contributed by atoms with E-state index in [-0.39, 0.29) is 16.8 Å². The summed E-state index contributed by atoms with van der Waals surface area (Å²) in [6.45, 7) is 4.68. The maximum atomic E-state index is 12.5. The predicted octanol–water partition coefficient (Wildman–Crippen LogP) is 1.72. The lowest BCUT2D eigenvalue weighted by molar-refractivity contribution is 0.100. The maximum absolute atomic E-state index is 12.5. The van der Waals surface area contributed by atoms with Crippen molar-refractivity contribution < 1.29 is 4.79 Å². The Bertz CT molecular complexity index is 1210. The number of aromatic nitrogens is 5. The number of hydrogen-bond donors (Lipinski definition) is 2. The van der Waals surface area contributed by atoms with Crippen LogP contribution in [0.1, 0.15) is 29.9 Å². The molecular weight excluding hydrogens is 332 g/mol. The molecule has 0 saturated carbocycles. The van der Waals surface area contributed by atoms with E-state index in [0.717, 1.165) is 23.0 Å². The van der Waals surface area contributed by atoms with E-state index in [2.05, 4.69) is 15.2 Å². The van der Waals surface area contributed by atoms with Crippen molar-refractivity contribution in [2.45, 2.75) is 26.8 Å². The molecule has 4 rings (SSSR count). The van der Waals surface area contributed by atoms with Gasteiger partial charge >= 0.3 is 0 Å². The molecular formula is C18H18N6O2. The second kappa shape index (κ2) is 5.83. The van der Waals surface area contributed by atoms with Gasteiger partial charge in [-0.05, 0) is 25.5 Å². The topological polar surface area (TPSA) is 111 Å². The number of carbonyl (C=O) groups excluding carboxylic acids is 1. The van der Waals surface area contributed by atoms with Crippen molar-refractivity contribution in [2.24, 2.45) is 5.73 Å². The zero-order chi connectivity index (χ0) is 18.4. The Labute approximate surface area is 148 Å². The quantitative estimate of drug-likeness (QED) is 0.584. The molecule has 0 atom stereocenters. The van der Waals surface area contributed by atoms with E-state index in [1.54, 1.807) is 6.20 Å². The highest BCUT2D eigenvalue weighted by molar-refractivity contribution is 6.00. The predicted molar refractivity (Wildman–Crippen MR) is 98.1 cm³/mol. The average Bonchev–Trinajstić information content (AvgIpc) is 3.21. The highest BCUT2D eigenvalue weighted by Crippen LogP contribution is 2.24. The Kier molecular flexibility index (Phi) is 3.61. The molecule has 0 spiro atoms. The van der Waals surface area contributed by atoms with E-state index in [1.165, 1.54) is 10.6 Å². The molecule has 3 heterocycles. The summed E-state index contributed by atoms with van der Waals surface area (Å²) in [6.07, 6.45) is 2.33. The number of H-pyrrole nitrogens is 1. The highest BCUT2D eigenvalue weighted by atomic mass is 16.1. The summed E-state index contributed by atoms with van der Waals surface area (Å²) in [5, 5.41) is 8.21. The third kappa shape index (κ3) is 2.30. The molecule has 1 aromatic carbocycles. The number of amides is 1. The first-order chi connectivity index (χ1) is 12.5. The molecule has 0 fully saturated rings. The number of benzene rings is 1. The number of aromatic amines is 1. The largest absolute Gasteiger partial charge is 0.365 e. The molecule has 0 radical (unpaired) electrons. The molecule has 0 aliphatic carbocycles. The lowest BCUT2D eigenvalue weighted by Gasteiger charge is -2.04. The summed E-state index contributed by atoms with van der Waals surface area (Å²) in [6, 6.07) is 7.23. The van der Waals surface area contributed by atoms with Crippen molar-refractivity contribution in [2.75, 3.05) is 0 Å². The summed E-state index contributed by atoms with van der Waals surface area (Å²) in [7, 11) is 0. The highest BCUT2D eigenvalue weighted by Gasteiger charge is 2.19. The Hall–Kier alpha value is -3.42. The van der Waals surface area contributed by atoms with Crippen molar-refractivity contribution >= 4 is 22.5 Å². The van der Waals surface area contributed by atoms with Crippen molar-refractivity contribution in [3.63, 3.8) is 0 Å². The van der Waals surface area contributed by atoms with Gasteiger partial charge in [-0.2, -0.15) is 5.10 Å². The number of carbonyl (C=O) groups is 1. The molecule has 0 aliphatic heterocycles. The van der Waals surface area contributed by atoms with Crippen molar-refractivity contribution in [3.8, 4) is 11.3 Å². The van der Waals surface area contributed by atoms with Crippen LogP contribution in [-0.4, -0.2) is 30.3 Å². The molecule has 132 valence electrons. The average molecular weight is 350 g/mol. The van der Waals surface area contributed by atoms with E-state index in [4.69, 9.17) is 5.73 Å². The molecule has 1 amide bonds. The minimum absolute atomic E-state index is 0.251. The van der Waals surface area contributed by atoms with E-state index >= 15 is 0 Å². The second-order valence-corrected chi connectivity index (χ2v) is 6.06. The van der Waals surface area contributed by atoms with E-state index in [1.807, 2.05) is 36.7 Å². The van der Waals surface area contributed by atoms with Crippen LogP contribution in [0.5, 0.6) is 0 Å². The van der Waals surface area contributed by atoms with Gasteiger partial charge in [0.15, 0.2) is 5.65 Å². The molecule has 0 aliphatic rings. The summed E-state index contributed by atoms with van der Waals surface area (Å²) >= 11 is 0. The summed E-state index contributed by atoms with van der Waals surface area (Å²) < 4.78 is 3.16. The number of hydrogen-bond acceptors (Lipinski definition) is 4. The van der Waals surface area contributed by atoms with Crippen molar-refractivity contribution in [3.05, 3.63) is 52.1 Å². The molecule has 0 bridgehead atoms. The first-order valence-corrected chi connectivity index (χ1v) is 8.43. The van der Waals surface area contributed by atoms with Crippen LogP contribution in [0.3, 0.4) is 0 Å². The SMILES string of the molecule is CCc1[nH]n2c(=O)cc(-c3ccc4c(cnn4CC)c3)nc2c1C(N)=O. The van der Waals surface area contributed by atoms with Crippen LogP contribution < -0.4 is 11.3 Å². The zero-order valence-electron chi connectivity index (χ0n) is 14.5. The van der Waals surface area contributed by atoms with Gasteiger partial charge < -0.3 is 5.73 Å². The van der Waals surface area contributed by atoms with Gasteiger partial charge in [0.25, 0.3) is 11.5 Å². The smallest absolute Gasteiger partial charge is 0.273 e. The van der Waals surface area contributed by atoms with Crippen LogP contribution in [0.2, 0.25) is 0 Å². The van der Waals surface area contributed by atoms with Gasteiger partial charge in [-0.1, -0.05) is 13.0 Å². The Morgan fingerprint density at radius 2 is 2.08 bits per heavy atom. The molecule has 0 saturated heterocycles. The number of nitrogens with one attached hydrogen (secondary N) is 1. The van der Waals surface area contributed by atoms with Gasteiger partial charge in [0.1, 0.15) is 5.56 Å². The van der Waals surface area contributed by atoms with Gasteiger partial charge in [0.2, 0.25) is 0 Å². The second-order valence-electron chi connectivity index (χ2n) is 6.06. The van der Waals surface area contributed by atoms with Crippen LogP contribution in [-0.2, 0) is 13.0 Å². The van der Waals surface area contributed by atoms with Crippen LogP contribution in [0.25, 0.3) is 27.8 Å². The zero-order valence-corrected chi connectivity index (χ0v) is 14.5. The molecule has 8 nitrogen and oxygen atoms in total. The molecule has 3 aromatic heterocycles. The van der Waals surface area contributed by atoms with Gasteiger partial charge in [0.05, 0.1) is 17.4 Å². The standard InChI is InChI=1S/C18H18N6O2/c1-3-12-16(17(19)26)18-21-13(8-15(25)24(18)22-12)10-5-6-14-11(7-10)9-20-23(14)4-2/h5-9,22H,3-4H2,1-2H3,(H2,19,26). The molecule has 26 heavy (non-hydrogen) atoms. The number of nitrogens with zero attached hydrogens (tertiary/aromatic N) is 4. The van der Waals surface area contributed by atoms with E-state index < -0.39 is 5.91 Å². The van der Waals surface area contributed by atoms with Gasteiger partial charge in [-0.15, -0.1) is 0 Å². The van der Waals surface area contributed by atoms with E-state index in [0.29, 0.717) is 17.8 Å². The Balaban J connectivity index is 1.96. The number of rotatable bonds is 4. The fourth-order valence-corrected chi connectivity index (χ4v) is 3.24. The Morgan fingerprint density at radius 3 is 2.77 bits per heavy atom. The molecule has 4 aromatic rings. The van der Waals surface area contributed by atoms with E-state index in [9.17, 15) is 9.59 Å². The van der Waals surface area contributed by atoms with Gasteiger partial charge in [-0.3, -0.25) is 19.4 Å². The Morgan fingerprint density at radius 1 is 1.27 bits per heavy atom. The monoisotopic (exact) mass is 350 g/mol. The lowest BCUT2D eigenvalue weighted by atomic mass is 10.1. The maximum Gasteiger partial charge on any atom is 0.273 e. The van der Waals surface area contributed by atoms with Crippen molar-refractivity contribution in [1.82, 2.24) is 24.4 Å². The lowest BCUT2D eigenvalue weighted by Crippen LogP contribution is -2.16. The summed E-state index contributed by atoms with van der Waals surface area (Å²) in [4.78, 5) is 28.9. The first-order valence-electron chi connectivity index (χ1n) is 8.43. The number of aryl methyl sites for hydroxylation is 2. The molecule has 3 N–H and O–H groups in total. The minimum Gasteiger partial charge on any atom is -0.365 e. The summed E-state index contributed by atoms with van der Waals surface area (Å²) in [5.41, 5.74) is 8.60. The molecule has 8 heteroatoms. The fourth-order valence-electron chi connectivity index (χ4n) is 3.24. The van der Waals surface area contributed by atoms with Crippen LogP contribution in [0.4, 0.5) is 0 Å². The van der Waals surface area contributed by atoms with Gasteiger partial charge in [-0.25, -0.2) is 9.50 Å². The van der Waals surface area contributed by atoms with Crippen molar-refractivity contribution in [1.29, 1.82) is 0 Å². The minimum atomic E-state index is -0.607. The van der Waals surface area contributed by atoms with Crippen LogP contribution in [0, 0.1) is 0 Å². The van der Waals surface area contributed by atoms with Gasteiger partial charge in [0, 0.05) is 29.3 Å². The van der Waals surface area contributed by atoms with Crippen LogP contribution >= 0.6 is 0 Å².